The van der Waals surface area contributed by atoms with Gasteiger partial charge in [-0.25, -0.2) is 4.98 Å². The van der Waals surface area contributed by atoms with Gasteiger partial charge in [-0.3, -0.25) is 9.59 Å². The average molecular weight is 422 g/mol. The summed E-state index contributed by atoms with van der Waals surface area (Å²) in [5, 5.41) is 10.4. The summed E-state index contributed by atoms with van der Waals surface area (Å²) in [7, 11) is 0. The quantitative estimate of drug-likeness (QED) is 0.764. The number of benzene rings is 1. The van der Waals surface area contributed by atoms with Crippen molar-refractivity contribution in [3.8, 4) is 17.7 Å². The van der Waals surface area contributed by atoms with Crippen molar-refractivity contribution in [3.05, 3.63) is 30.0 Å². The van der Waals surface area contributed by atoms with Crippen molar-refractivity contribution in [1.82, 2.24) is 9.88 Å². The minimum Gasteiger partial charge on any atom is -0.490 e. The van der Waals surface area contributed by atoms with Gasteiger partial charge in [0.05, 0.1) is 17.7 Å². The van der Waals surface area contributed by atoms with E-state index in [-0.39, 0.29) is 30.5 Å². The molecule has 1 saturated heterocycles. The number of rotatable bonds is 6. The van der Waals surface area contributed by atoms with Gasteiger partial charge in [0.15, 0.2) is 0 Å². The molecular weight excluding hydrogens is 396 g/mol. The molecule has 8 nitrogen and oxygen atoms in total. The van der Waals surface area contributed by atoms with Crippen LogP contribution >= 0.6 is 0 Å². The summed E-state index contributed by atoms with van der Waals surface area (Å²) >= 11 is 0. The number of hydrogen-bond acceptors (Lipinski definition) is 6. The van der Waals surface area contributed by atoms with Crippen molar-refractivity contribution in [2.45, 2.75) is 45.3 Å². The third-order valence-electron chi connectivity index (χ3n) is 6.09. The number of amides is 2. The van der Waals surface area contributed by atoms with Crippen LogP contribution in [0.15, 0.2) is 24.4 Å². The number of pyridine rings is 1. The van der Waals surface area contributed by atoms with Crippen LogP contribution in [0.1, 0.15) is 43.5 Å². The minimum atomic E-state index is -0.552. The SMILES string of the molecule is CC(C)Oc1cc2c(O[C@H]3CC[C@@H]4CN(C(=O)CC#N)C[C@@H]43)nccc2cc1C(N)=O. The number of likely N-dealkylation sites (tertiary alicyclic amines) is 1. The molecule has 1 aliphatic carbocycles. The van der Waals surface area contributed by atoms with Gasteiger partial charge in [0.25, 0.3) is 5.91 Å². The van der Waals surface area contributed by atoms with E-state index in [0.717, 1.165) is 23.6 Å². The number of nitriles is 1. The van der Waals surface area contributed by atoms with Crippen molar-refractivity contribution < 1.29 is 19.1 Å². The van der Waals surface area contributed by atoms with Crippen LogP contribution < -0.4 is 15.2 Å². The van der Waals surface area contributed by atoms with Gasteiger partial charge in [-0.1, -0.05) is 0 Å². The number of hydrogen-bond donors (Lipinski definition) is 1. The molecule has 31 heavy (non-hydrogen) atoms. The average Bonchev–Trinajstić information content (AvgIpc) is 3.29. The molecule has 1 saturated carbocycles. The fourth-order valence-corrected chi connectivity index (χ4v) is 4.70. The van der Waals surface area contributed by atoms with Crippen molar-refractivity contribution in [2.24, 2.45) is 17.6 Å². The first-order valence-electron chi connectivity index (χ1n) is 10.6. The Hall–Kier alpha value is -3.34. The maximum Gasteiger partial charge on any atom is 0.252 e. The Morgan fingerprint density at radius 1 is 1.32 bits per heavy atom. The lowest BCUT2D eigenvalue weighted by Gasteiger charge is -2.22. The molecule has 3 atom stereocenters. The topological polar surface area (TPSA) is 119 Å². The van der Waals surface area contributed by atoms with Crippen LogP contribution in [0.3, 0.4) is 0 Å². The van der Waals surface area contributed by atoms with Crippen molar-refractivity contribution in [2.75, 3.05) is 13.1 Å². The minimum absolute atomic E-state index is 0.0618. The highest BCUT2D eigenvalue weighted by Gasteiger charge is 2.45. The number of fused-ring (bicyclic) bond motifs is 2. The molecule has 0 bridgehead atoms. The number of ether oxygens (including phenoxy) is 2. The molecular formula is C23H26N4O4. The molecule has 0 radical (unpaired) electrons. The Morgan fingerprint density at radius 2 is 2.13 bits per heavy atom. The Kier molecular flexibility index (Phi) is 5.68. The lowest BCUT2D eigenvalue weighted by Crippen LogP contribution is -2.32. The van der Waals surface area contributed by atoms with Crippen LogP contribution in [0.2, 0.25) is 0 Å². The molecule has 2 fully saturated rings. The van der Waals surface area contributed by atoms with Gasteiger partial charge >= 0.3 is 0 Å². The molecule has 162 valence electrons. The largest absolute Gasteiger partial charge is 0.490 e. The number of primary amides is 1. The maximum atomic E-state index is 12.1. The fourth-order valence-electron chi connectivity index (χ4n) is 4.70. The summed E-state index contributed by atoms with van der Waals surface area (Å²) in [6.45, 7) is 5.05. The highest BCUT2D eigenvalue weighted by atomic mass is 16.5. The van der Waals surface area contributed by atoms with Gasteiger partial charge in [0.1, 0.15) is 18.3 Å². The zero-order valence-electron chi connectivity index (χ0n) is 17.7. The Morgan fingerprint density at radius 3 is 2.84 bits per heavy atom. The number of carbonyl (C=O) groups excluding carboxylic acids is 2. The van der Waals surface area contributed by atoms with E-state index in [1.807, 2.05) is 26.0 Å². The number of nitrogens with two attached hydrogens (primary N) is 1. The summed E-state index contributed by atoms with van der Waals surface area (Å²) in [4.78, 5) is 30.3. The molecule has 2 aromatic rings. The first-order valence-corrected chi connectivity index (χ1v) is 10.6. The summed E-state index contributed by atoms with van der Waals surface area (Å²) in [6, 6.07) is 7.22. The van der Waals surface area contributed by atoms with Crippen LogP contribution in [0.5, 0.6) is 11.6 Å². The highest BCUT2D eigenvalue weighted by molar-refractivity contribution is 6.01. The van der Waals surface area contributed by atoms with Crippen LogP contribution in [-0.4, -0.2) is 47.0 Å². The third-order valence-corrected chi connectivity index (χ3v) is 6.09. The molecule has 1 aromatic carbocycles. The summed E-state index contributed by atoms with van der Waals surface area (Å²) in [5.41, 5.74) is 5.87. The van der Waals surface area contributed by atoms with Gasteiger partial charge in [-0.05, 0) is 56.2 Å². The summed E-state index contributed by atoms with van der Waals surface area (Å²) in [5.74, 6) is 0.817. The number of aromatic nitrogens is 1. The molecule has 2 amide bonds. The molecule has 1 aromatic heterocycles. The Bertz CT molecular complexity index is 1060. The van der Waals surface area contributed by atoms with Crippen molar-refractivity contribution in [3.63, 3.8) is 0 Å². The van der Waals surface area contributed by atoms with Gasteiger partial charge in [-0.2, -0.15) is 5.26 Å². The van der Waals surface area contributed by atoms with E-state index in [1.165, 1.54) is 0 Å². The molecule has 2 aliphatic rings. The van der Waals surface area contributed by atoms with E-state index >= 15 is 0 Å². The zero-order chi connectivity index (χ0) is 22.1. The van der Waals surface area contributed by atoms with E-state index in [4.69, 9.17) is 20.5 Å². The lowest BCUT2D eigenvalue weighted by atomic mass is 9.99. The van der Waals surface area contributed by atoms with E-state index in [9.17, 15) is 9.59 Å². The standard InChI is InChI=1S/C23H26N4O4/c1-13(2)30-20-10-16-14(9-17(20)22(25)29)6-8-26-23(16)31-19-4-3-15-11-27(12-18(15)19)21(28)5-7-24/h6,8-10,13,15,18-19H,3-5,11-12H2,1-2H3,(H2,25,29)/t15-,18+,19+/m1/s1. The monoisotopic (exact) mass is 422 g/mol. The second-order valence-corrected chi connectivity index (χ2v) is 8.51. The van der Waals surface area contributed by atoms with Gasteiger partial charge < -0.3 is 20.1 Å². The van der Waals surface area contributed by atoms with Crippen LogP contribution in [0, 0.1) is 23.2 Å². The molecule has 0 spiro atoms. The Labute approximate surface area is 180 Å². The first-order chi connectivity index (χ1) is 14.9. The second-order valence-electron chi connectivity index (χ2n) is 8.51. The predicted molar refractivity (Wildman–Crippen MR) is 113 cm³/mol. The van der Waals surface area contributed by atoms with Gasteiger partial charge in [0.2, 0.25) is 11.8 Å². The van der Waals surface area contributed by atoms with E-state index < -0.39 is 5.91 Å². The fraction of sp³-hybridized carbons (Fsp3) is 0.478. The lowest BCUT2D eigenvalue weighted by molar-refractivity contribution is -0.129. The van der Waals surface area contributed by atoms with E-state index in [2.05, 4.69) is 4.98 Å². The predicted octanol–water partition coefficient (Wildman–Crippen LogP) is 2.65. The summed E-state index contributed by atoms with van der Waals surface area (Å²) < 4.78 is 12.2. The van der Waals surface area contributed by atoms with Crippen LogP contribution in [-0.2, 0) is 4.79 Å². The first kappa shape index (κ1) is 20.9. The summed E-state index contributed by atoms with van der Waals surface area (Å²) in [6.07, 6.45) is 3.24. The maximum absolute atomic E-state index is 12.1. The van der Waals surface area contributed by atoms with Crippen LogP contribution in [0.4, 0.5) is 0 Å². The zero-order valence-corrected chi connectivity index (χ0v) is 17.7. The van der Waals surface area contributed by atoms with E-state index in [0.29, 0.717) is 36.2 Å². The normalized spacial score (nSPS) is 22.4. The van der Waals surface area contributed by atoms with Gasteiger partial charge in [-0.15, -0.1) is 0 Å². The van der Waals surface area contributed by atoms with Gasteiger partial charge in [0, 0.05) is 30.6 Å². The number of nitrogens with zero attached hydrogens (tertiary/aromatic N) is 3. The smallest absolute Gasteiger partial charge is 0.252 e. The molecule has 1 aliphatic heterocycles. The van der Waals surface area contributed by atoms with Crippen molar-refractivity contribution >= 4 is 22.6 Å². The molecule has 2 N–H and O–H groups in total. The third kappa shape index (κ3) is 4.13. The number of carbonyl (C=O) groups is 2. The molecule has 0 unspecified atom stereocenters. The molecule has 4 rings (SSSR count). The molecule has 8 heteroatoms. The van der Waals surface area contributed by atoms with E-state index in [1.54, 1.807) is 23.2 Å². The highest BCUT2D eigenvalue weighted by Crippen LogP contribution is 2.41. The van der Waals surface area contributed by atoms with Crippen LogP contribution in [0.25, 0.3) is 10.8 Å². The van der Waals surface area contributed by atoms with Crippen molar-refractivity contribution in [1.29, 1.82) is 5.26 Å². The molecule has 2 heterocycles. The second kappa shape index (κ2) is 8.42. The Balaban J connectivity index is 1.61.